The number of rotatable bonds is 3. The molecule has 2 heterocycles. The highest BCUT2D eigenvalue weighted by Crippen LogP contribution is 2.33. The van der Waals surface area contributed by atoms with E-state index in [4.69, 9.17) is 9.47 Å². The fraction of sp³-hybridized carbons (Fsp3) is 0.421. The fourth-order valence-corrected chi connectivity index (χ4v) is 3.82. The molecule has 8 nitrogen and oxygen atoms in total. The maximum atomic E-state index is 14.8. The first-order valence-electron chi connectivity index (χ1n) is 9.00. The molecule has 10 heteroatoms. The number of carbonyl (C=O) groups is 3. The van der Waals surface area contributed by atoms with E-state index in [2.05, 4.69) is 21.2 Å². The molecule has 2 aliphatic heterocycles. The van der Waals surface area contributed by atoms with Gasteiger partial charge in [0.2, 0.25) is 5.91 Å². The van der Waals surface area contributed by atoms with Crippen molar-refractivity contribution in [2.75, 3.05) is 36.4 Å². The highest BCUT2D eigenvalue weighted by Gasteiger charge is 2.39. The van der Waals surface area contributed by atoms with Gasteiger partial charge >= 0.3 is 11.9 Å². The van der Waals surface area contributed by atoms with Crippen molar-refractivity contribution in [1.29, 1.82) is 0 Å². The number of halogens is 2. The topological polar surface area (TPSA) is 88.2 Å². The monoisotopic (exact) mass is 469 g/mol. The molecule has 0 saturated carbocycles. The molecule has 0 spiro atoms. The standard InChI is InChI=1S/C19H21BrFN3O5/c1-11(25)23-4-6-24(7-5-23)16-14(20)8-12(9-15(16)21)22-10-13-17(26)28-19(2,3)29-18(13)27/h8-10,22H,4-7H2,1-3H3. The number of piperazine rings is 1. The van der Waals surface area contributed by atoms with Crippen LogP contribution in [0.2, 0.25) is 0 Å². The summed E-state index contributed by atoms with van der Waals surface area (Å²) in [6, 6.07) is 2.90. The first-order valence-corrected chi connectivity index (χ1v) is 9.79. The zero-order chi connectivity index (χ0) is 21.3. The molecule has 1 N–H and O–H groups in total. The third kappa shape index (κ3) is 4.69. The molecule has 2 aliphatic rings. The Kier molecular flexibility index (Phi) is 5.83. The Labute approximate surface area is 175 Å². The van der Waals surface area contributed by atoms with E-state index in [1.165, 1.54) is 26.8 Å². The summed E-state index contributed by atoms with van der Waals surface area (Å²) in [5, 5.41) is 2.73. The van der Waals surface area contributed by atoms with Crippen LogP contribution < -0.4 is 10.2 Å². The number of hydrogen-bond acceptors (Lipinski definition) is 7. The predicted octanol–water partition coefficient (Wildman–Crippen LogP) is 2.39. The van der Waals surface area contributed by atoms with Crippen LogP contribution in [-0.4, -0.2) is 54.7 Å². The van der Waals surface area contributed by atoms with Crippen LogP contribution in [0.3, 0.4) is 0 Å². The second kappa shape index (κ2) is 8.02. The molecule has 29 heavy (non-hydrogen) atoms. The largest absolute Gasteiger partial charge is 0.419 e. The van der Waals surface area contributed by atoms with Gasteiger partial charge in [0.05, 0.1) is 5.69 Å². The Morgan fingerprint density at radius 2 is 1.76 bits per heavy atom. The van der Waals surface area contributed by atoms with Crippen molar-refractivity contribution in [3.8, 4) is 0 Å². The van der Waals surface area contributed by atoms with Crippen LogP contribution in [-0.2, 0) is 23.9 Å². The van der Waals surface area contributed by atoms with Gasteiger partial charge in [-0.1, -0.05) is 0 Å². The van der Waals surface area contributed by atoms with Gasteiger partial charge in [-0.15, -0.1) is 0 Å². The van der Waals surface area contributed by atoms with Crippen molar-refractivity contribution in [2.24, 2.45) is 0 Å². The van der Waals surface area contributed by atoms with Crippen LogP contribution >= 0.6 is 15.9 Å². The van der Waals surface area contributed by atoms with Gasteiger partial charge in [0.1, 0.15) is 5.82 Å². The summed E-state index contributed by atoms with van der Waals surface area (Å²) < 4.78 is 25.3. The van der Waals surface area contributed by atoms with Crippen LogP contribution in [0.5, 0.6) is 0 Å². The van der Waals surface area contributed by atoms with Gasteiger partial charge in [0.15, 0.2) is 5.57 Å². The minimum Gasteiger partial charge on any atom is -0.419 e. The van der Waals surface area contributed by atoms with Crippen LogP contribution in [0.4, 0.5) is 15.8 Å². The summed E-state index contributed by atoms with van der Waals surface area (Å²) in [6.07, 6.45) is 1.13. The summed E-state index contributed by atoms with van der Waals surface area (Å²) >= 11 is 3.38. The van der Waals surface area contributed by atoms with Crippen molar-refractivity contribution in [3.05, 3.63) is 34.2 Å². The molecule has 0 aliphatic carbocycles. The average Bonchev–Trinajstić information content (AvgIpc) is 2.60. The minimum atomic E-state index is -1.32. The molecule has 0 aromatic heterocycles. The summed E-state index contributed by atoms with van der Waals surface area (Å²) in [7, 11) is 0. The van der Waals surface area contributed by atoms with Crippen molar-refractivity contribution in [1.82, 2.24) is 4.90 Å². The van der Waals surface area contributed by atoms with E-state index in [1.807, 2.05) is 4.90 Å². The molecular formula is C19H21BrFN3O5. The summed E-state index contributed by atoms with van der Waals surface area (Å²) in [6.45, 7) is 6.49. The smallest absolute Gasteiger partial charge is 0.350 e. The second-order valence-corrected chi connectivity index (χ2v) is 8.02. The first-order chi connectivity index (χ1) is 13.6. The number of nitrogens with zero attached hydrogens (tertiary/aromatic N) is 2. The molecule has 2 saturated heterocycles. The third-order valence-electron chi connectivity index (χ3n) is 4.56. The number of hydrogen-bond donors (Lipinski definition) is 1. The van der Waals surface area contributed by atoms with Gasteiger partial charge < -0.3 is 24.6 Å². The molecule has 2 fully saturated rings. The van der Waals surface area contributed by atoms with E-state index < -0.39 is 23.5 Å². The van der Waals surface area contributed by atoms with E-state index in [0.29, 0.717) is 42.0 Å². The van der Waals surface area contributed by atoms with Gasteiger partial charge in [0, 0.05) is 63.3 Å². The van der Waals surface area contributed by atoms with Crippen molar-refractivity contribution in [2.45, 2.75) is 26.6 Å². The Bertz CT molecular complexity index is 849. The molecule has 1 aromatic carbocycles. The maximum Gasteiger partial charge on any atom is 0.350 e. The minimum absolute atomic E-state index is 0.0000681. The highest BCUT2D eigenvalue weighted by molar-refractivity contribution is 9.10. The zero-order valence-corrected chi connectivity index (χ0v) is 17.8. The van der Waals surface area contributed by atoms with Crippen LogP contribution in [0.1, 0.15) is 20.8 Å². The van der Waals surface area contributed by atoms with Crippen LogP contribution in [0.15, 0.2) is 28.4 Å². The van der Waals surface area contributed by atoms with Crippen molar-refractivity contribution < 1.29 is 28.2 Å². The third-order valence-corrected chi connectivity index (χ3v) is 5.16. The number of cyclic esters (lactones) is 2. The number of amides is 1. The van der Waals surface area contributed by atoms with Gasteiger partial charge in [0.25, 0.3) is 5.79 Å². The summed E-state index contributed by atoms with van der Waals surface area (Å²) in [4.78, 5) is 38.9. The van der Waals surface area contributed by atoms with Gasteiger partial charge in [-0.2, -0.15) is 0 Å². The first kappa shape index (κ1) is 21.1. The summed E-state index contributed by atoms with van der Waals surface area (Å²) in [5.74, 6) is -3.45. The fourth-order valence-electron chi connectivity index (χ4n) is 3.13. The molecule has 0 bridgehead atoms. The van der Waals surface area contributed by atoms with Crippen LogP contribution in [0, 0.1) is 5.82 Å². The van der Waals surface area contributed by atoms with E-state index in [0.717, 1.165) is 6.20 Å². The van der Waals surface area contributed by atoms with Crippen LogP contribution in [0.25, 0.3) is 0 Å². The van der Waals surface area contributed by atoms with E-state index in [1.54, 1.807) is 11.0 Å². The molecule has 0 atom stereocenters. The van der Waals surface area contributed by atoms with Crippen molar-refractivity contribution in [3.63, 3.8) is 0 Å². The van der Waals surface area contributed by atoms with Gasteiger partial charge in [-0.25, -0.2) is 14.0 Å². The molecule has 0 radical (unpaired) electrons. The maximum absolute atomic E-state index is 14.8. The summed E-state index contributed by atoms with van der Waals surface area (Å²) in [5.41, 5.74) is 0.411. The van der Waals surface area contributed by atoms with Gasteiger partial charge in [-0.3, -0.25) is 4.79 Å². The number of ether oxygens (including phenoxy) is 2. The Balaban J connectivity index is 1.74. The number of anilines is 2. The Morgan fingerprint density at radius 3 is 2.28 bits per heavy atom. The second-order valence-electron chi connectivity index (χ2n) is 7.16. The lowest BCUT2D eigenvalue weighted by molar-refractivity contribution is -0.222. The van der Waals surface area contributed by atoms with Crippen molar-refractivity contribution >= 4 is 45.2 Å². The number of benzene rings is 1. The van der Waals surface area contributed by atoms with E-state index in [9.17, 15) is 18.8 Å². The average molecular weight is 470 g/mol. The SMILES string of the molecule is CC(=O)N1CCN(c2c(F)cc(NC=C3C(=O)OC(C)(C)OC3=O)cc2Br)CC1. The number of esters is 2. The molecule has 1 aromatic rings. The predicted molar refractivity (Wildman–Crippen MR) is 107 cm³/mol. The molecule has 1 amide bonds. The lowest BCUT2D eigenvalue weighted by atomic mass is 10.2. The number of carbonyl (C=O) groups excluding carboxylic acids is 3. The molecule has 0 unspecified atom stereocenters. The zero-order valence-electron chi connectivity index (χ0n) is 16.3. The lowest BCUT2D eigenvalue weighted by Crippen LogP contribution is -2.48. The number of nitrogens with one attached hydrogen (secondary N) is 1. The molecule has 3 rings (SSSR count). The Morgan fingerprint density at radius 1 is 1.17 bits per heavy atom. The lowest BCUT2D eigenvalue weighted by Gasteiger charge is -2.36. The molecular weight excluding hydrogens is 449 g/mol. The molecule has 156 valence electrons. The van der Waals surface area contributed by atoms with E-state index >= 15 is 0 Å². The highest BCUT2D eigenvalue weighted by atomic mass is 79.9. The normalized spacial score (nSPS) is 18.9. The van der Waals surface area contributed by atoms with E-state index in [-0.39, 0.29) is 11.5 Å². The van der Waals surface area contributed by atoms with Gasteiger partial charge in [-0.05, 0) is 28.1 Å². The quantitative estimate of drug-likeness (QED) is 0.413. The Hall–Kier alpha value is -2.62.